The third kappa shape index (κ3) is 4.68. The van der Waals surface area contributed by atoms with Crippen molar-refractivity contribution in [1.82, 2.24) is 0 Å². The molecule has 2 atom stereocenters. The fraction of sp³-hybridized carbons (Fsp3) is 0.643. The van der Waals surface area contributed by atoms with Gasteiger partial charge in [0.1, 0.15) is 13.2 Å². The first-order chi connectivity index (χ1) is 9.43. The van der Waals surface area contributed by atoms with E-state index < -0.39 is 29.7 Å². The highest BCUT2D eigenvalue weighted by Crippen LogP contribution is 2.31. The number of hydrogen-bond donors (Lipinski definition) is 1. The molecule has 0 aromatic carbocycles. The second kappa shape index (κ2) is 7.67. The Bertz CT molecular complexity index is 400. The van der Waals surface area contributed by atoms with E-state index in [0.29, 0.717) is 12.8 Å². The highest BCUT2D eigenvalue weighted by atomic mass is 16.6. The van der Waals surface area contributed by atoms with Crippen molar-refractivity contribution in [2.24, 2.45) is 11.8 Å². The molecule has 0 aromatic rings. The Morgan fingerprint density at radius 3 is 2.20 bits per heavy atom. The summed E-state index contributed by atoms with van der Waals surface area (Å²) in [6, 6.07) is 0. The monoisotopic (exact) mass is 284 g/mol. The fourth-order valence-corrected chi connectivity index (χ4v) is 2.22. The summed E-state index contributed by atoms with van der Waals surface area (Å²) in [7, 11) is 0. The van der Waals surface area contributed by atoms with Crippen LogP contribution in [0.3, 0.4) is 0 Å². The summed E-state index contributed by atoms with van der Waals surface area (Å²) in [6.07, 6.45) is 2.67. The summed E-state index contributed by atoms with van der Waals surface area (Å²) in [5.41, 5.74) is 0.273. The molecule has 0 spiro atoms. The molecule has 1 rings (SSSR count). The molecular weight excluding hydrogens is 264 g/mol. The topological polar surface area (TPSA) is 89.9 Å². The van der Waals surface area contributed by atoms with Gasteiger partial charge in [0.05, 0.1) is 11.8 Å². The predicted octanol–water partition coefficient (Wildman–Crippen LogP) is 1.54. The van der Waals surface area contributed by atoms with Gasteiger partial charge in [0.2, 0.25) is 0 Å². The molecule has 1 saturated carbocycles. The zero-order valence-electron chi connectivity index (χ0n) is 11.6. The number of esters is 2. The lowest BCUT2D eigenvalue weighted by Crippen LogP contribution is -2.34. The lowest BCUT2D eigenvalue weighted by Gasteiger charge is -2.26. The maximum atomic E-state index is 11.8. The fourth-order valence-electron chi connectivity index (χ4n) is 2.22. The second-order valence-corrected chi connectivity index (χ2v) is 4.92. The van der Waals surface area contributed by atoms with Gasteiger partial charge < -0.3 is 14.6 Å². The Hall–Kier alpha value is -1.85. The Labute approximate surface area is 117 Å². The SMILES string of the molecule is C=C(C)C(=O)OCCOC(=O)[C@@H]1CCCC[C@@H]1C(=O)O. The first-order valence-electron chi connectivity index (χ1n) is 6.65. The van der Waals surface area contributed by atoms with E-state index >= 15 is 0 Å². The average molecular weight is 284 g/mol. The first kappa shape index (κ1) is 16.2. The van der Waals surface area contributed by atoms with Crippen LogP contribution < -0.4 is 0 Å². The van der Waals surface area contributed by atoms with E-state index in [4.69, 9.17) is 14.6 Å². The number of carboxylic acid groups (broad SMARTS) is 1. The smallest absolute Gasteiger partial charge is 0.333 e. The molecule has 0 bridgehead atoms. The van der Waals surface area contributed by atoms with E-state index in [1.807, 2.05) is 0 Å². The highest BCUT2D eigenvalue weighted by Gasteiger charge is 2.36. The maximum Gasteiger partial charge on any atom is 0.333 e. The number of ether oxygens (including phenoxy) is 2. The van der Waals surface area contributed by atoms with Gasteiger partial charge in [-0.15, -0.1) is 0 Å². The van der Waals surface area contributed by atoms with Gasteiger partial charge in [-0.3, -0.25) is 9.59 Å². The molecule has 1 aliphatic rings. The zero-order valence-corrected chi connectivity index (χ0v) is 11.6. The zero-order chi connectivity index (χ0) is 15.1. The van der Waals surface area contributed by atoms with Gasteiger partial charge in [0, 0.05) is 5.57 Å². The molecular formula is C14H20O6. The number of carbonyl (C=O) groups excluding carboxylic acids is 2. The van der Waals surface area contributed by atoms with E-state index in [2.05, 4.69) is 6.58 Å². The van der Waals surface area contributed by atoms with Gasteiger partial charge in [0.25, 0.3) is 0 Å². The van der Waals surface area contributed by atoms with Crippen LogP contribution in [0.1, 0.15) is 32.6 Å². The average Bonchev–Trinajstić information content (AvgIpc) is 2.42. The molecule has 0 heterocycles. The van der Waals surface area contributed by atoms with E-state index in [0.717, 1.165) is 12.8 Å². The predicted molar refractivity (Wildman–Crippen MR) is 69.8 cm³/mol. The molecule has 0 aromatic heterocycles. The highest BCUT2D eigenvalue weighted by molar-refractivity contribution is 5.87. The molecule has 0 aliphatic heterocycles. The minimum Gasteiger partial charge on any atom is -0.481 e. The van der Waals surface area contributed by atoms with E-state index in [1.165, 1.54) is 6.92 Å². The molecule has 112 valence electrons. The molecule has 20 heavy (non-hydrogen) atoms. The Balaban J connectivity index is 2.36. The summed E-state index contributed by atoms with van der Waals surface area (Å²) in [6.45, 7) is 4.82. The van der Waals surface area contributed by atoms with Gasteiger partial charge in [0.15, 0.2) is 0 Å². The van der Waals surface area contributed by atoms with E-state index in [1.54, 1.807) is 0 Å². The van der Waals surface area contributed by atoms with Gasteiger partial charge in [-0.2, -0.15) is 0 Å². The molecule has 6 nitrogen and oxygen atoms in total. The van der Waals surface area contributed by atoms with Crippen LogP contribution in [0.25, 0.3) is 0 Å². The van der Waals surface area contributed by atoms with Gasteiger partial charge in [-0.05, 0) is 19.8 Å². The molecule has 0 unspecified atom stereocenters. The van der Waals surface area contributed by atoms with Crippen LogP contribution in [0.15, 0.2) is 12.2 Å². The van der Waals surface area contributed by atoms with Crippen molar-refractivity contribution < 1.29 is 29.0 Å². The lowest BCUT2D eigenvalue weighted by molar-refractivity contribution is -0.161. The summed E-state index contributed by atoms with van der Waals surface area (Å²) >= 11 is 0. The van der Waals surface area contributed by atoms with Crippen LogP contribution in [0, 0.1) is 11.8 Å². The molecule has 0 radical (unpaired) electrons. The van der Waals surface area contributed by atoms with Crippen molar-refractivity contribution in [3.05, 3.63) is 12.2 Å². The standard InChI is InChI=1S/C14H20O6/c1-9(2)13(17)19-7-8-20-14(18)11-6-4-3-5-10(11)12(15)16/h10-11H,1,3-8H2,2H3,(H,15,16)/t10-,11+/m0/s1. The lowest BCUT2D eigenvalue weighted by atomic mass is 9.79. The third-order valence-electron chi connectivity index (χ3n) is 3.30. The van der Waals surface area contributed by atoms with Crippen LogP contribution in [0.4, 0.5) is 0 Å². The number of carboxylic acids is 1. The Morgan fingerprint density at radius 2 is 1.65 bits per heavy atom. The first-order valence-corrected chi connectivity index (χ1v) is 6.65. The number of hydrogen-bond acceptors (Lipinski definition) is 5. The van der Waals surface area contributed by atoms with Gasteiger partial charge >= 0.3 is 17.9 Å². The van der Waals surface area contributed by atoms with Crippen LogP contribution in [0.2, 0.25) is 0 Å². The summed E-state index contributed by atoms with van der Waals surface area (Å²) in [4.78, 5) is 34.0. The summed E-state index contributed by atoms with van der Waals surface area (Å²) in [5, 5.41) is 9.08. The summed E-state index contributed by atoms with van der Waals surface area (Å²) < 4.78 is 9.77. The molecule has 1 fully saturated rings. The van der Waals surface area contributed by atoms with Crippen molar-refractivity contribution in [3.8, 4) is 0 Å². The van der Waals surface area contributed by atoms with Crippen LogP contribution in [-0.2, 0) is 23.9 Å². The molecule has 6 heteroatoms. The van der Waals surface area contributed by atoms with Crippen molar-refractivity contribution in [3.63, 3.8) is 0 Å². The molecule has 1 N–H and O–H groups in total. The molecule has 0 saturated heterocycles. The van der Waals surface area contributed by atoms with Crippen molar-refractivity contribution in [2.45, 2.75) is 32.6 Å². The largest absolute Gasteiger partial charge is 0.481 e. The Kier molecular flexibility index (Phi) is 6.21. The number of carbonyl (C=O) groups is 3. The summed E-state index contributed by atoms with van der Waals surface area (Å²) in [5.74, 6) is -3.29. The quantitative estimate of drug-likeness (QED) is 0.452. The van der Waals surface area contributed by atoms with Gasteiger partial charge in [-0.25, -0.2) is 4.79 Å². The molecule has 0 amide bonds. The normalized spacial score (nSPS) is 21.9. The molecule has 1 aliphatic carbocycles. The second-order valence-electron chi connectivity index (χ2n) is 4.92. The number of rotatable bonds is 6. The van der Waals surface area contributed by atoms with Crippen LogP contribution >= 0.6 is 0 Å². The van der Waals surface area contributed by atoms with Crippen LogP contribution in [0.5, 0.6) is 0 Å². The minimum atomic E-state index is -0.958. The minimum absolute atomic E-state index is 0.0537. The maximum absolute atomic E-state index is 11.8. The number of aliphatic carboxylic acids is 1. The van der Waals surface area contributed by atoms with Crippen molar-refractivity contribution >= 4 is 17.9 Å². The van der Waals surface area contributed by atoms with Crippen molar-refractivity contribution in [2.75, 3.05) is 13.2 Å². The Morgan fingerprint density at radius 1 is 1.10 bits per heavy atom. The van der Waals surface area contributed by atoms with Gasteiger partial charge in [-0.1, -0.05) is 19.4 Å². The van der Waals surface area contributed by atoms with E-state index in [-0.39, 0.29) is 18.8 Å². The third-order valence-corrected chi connectivity index (χ3v) is 3.30. The van der Waals surface area contributed by atoms with Crippen LogP contribution in [-0.4, -0.2) is 36.2 Å². The van der Waals surface area contributed by atoms with Crippen molar-refractivity contribution in [1.29, 1.82) is 0 Å². The van der Waals surface area contributed by atoms with E-state index in [9.17, 15) is 14.4 Å².